The summed E-state index contributed by atoms with van der Waals surface area (Å²) in [5, 5.41) is 0. The lowest BCUT2D eigenvalue weighted by Gasteiger charge is -1.96. The van der Waals surface area contributed by atoms with Crippen molar-refractivity contribution in [3.05, 3.63) is 0 Å². The number of carbonyl (C=O) groups is 3. The van der Waals surface area contributed by atoms with Crippen LogP contribution in [0.1, 0.15) is 20.3 Å². The molecule has 0 aliphatic rings. The number of esters is 1. The minimum Gasteiger partial charge on any atom is -0.460 e. The zero-order valence-corrected chi connectivity index (χ0v) is 7.05. The summed E-state index contributed by atoms with van der Waals surface area (Å²) < 4.78 is 4.32. The van der Waals surface area contributed by atoms with Crippen LogP contribution in [0.25, 0.3) is 0 Å². The van der Waals surface area contributed by atoms with Gasteiger partial charge in [-0.2, -0.15) is 0 Å². The van der Waals surface area contributed by atoms with Crippen molar-refractivity contribution >= 4 is 17.5 Å². The third kappa shape index (κ3) is 3.82. The van der Waals surface area contributed by atoms with Crippen molar-refractivity contribution in [2.45, 2.75) is 20.3 Å². The Morgan fingerprint density at radius 1 is 1.17 bits per heavy atom. The molecule has 0 aromatic heterocycles. The van der Waals surface area contributed by atoms with Gasteiger partial charge in [0.05, 0.1) is 6.61 Å². The highest BCUT2D eigenvalue weighted by molar-refractivity contribution is 6.62. The van der Waals surface area contributed by atoms with Crippen LogP contribution in [0.3, 0.4) is 0 Å². The summed E-state index contributed by atoms with van der Waals surface area (Å²) in [5.74, 6) is -2.82. The third-order valence-electron chi connectivity index (χ3n) is 1.04. The zero-order chi connectivity index (χ0) is 8.85. The molecule has 5 heteroatoms. The van der Waals surface area contributed by atoms with E-state index in [4.69, 9.17) is 0 Å². The van der Waals surface area contributed by atoms with Gasteiger partial charge in [-0.15, -0.1) is 0 Å². The number of rotatable bonds is 4. The van der Waals surface area contributed by atoms with Crippen molar-refractivity contribution in [2.75, 3.05) is 6.61 Å². The maximum absolute atomic E-state index is 10.6. The standard InChI is InChI=1S/C7H10O4.H2O/c1-3-5(8)6(9)7(10)11-4-2;/h3-4H2,1-2H3;1H2. The monoisotopic (exact) mass is 176 g/mol. The molecule has 0 rings (SSSR count). The lowest BCUT2D eigenvalue weighted by molar-refractivity contribution is -0.156. The van der Waals surface area contributed by atoms with E-state index in [0.29, 0.717) is 0 Å². The number of hydrogen-bond donors (Lipinski definition) is 0. The predicted octanol–water partition coefficient (Wildman–Crippen LogP) is -0.727. The molecule has 0 spiro atoms. The van der Waals surface area contributed by atoms with E-state index in [1.807, 2.05) is 0 Å². The molecule has 5 nitrogen and oxygen atoms in total. The van der Waals surface area contributed by atoms with Gasteiger partial charge in [-0.05, 0) is 6.92 Å². The maximum Gasteiger partial charge on any atom is 0.382 e. The molecule has 12 heavy (non-hydrogen) atoms. The maximum atomic E-state index is 10.6. The van der Waals surface area contributed by atoms with Crippen LogP contribution < -0.4 is 0 Å². The first-order valence-electron chi connectivity index (χ1n) is 3.37. The number of Topliss-reactive ketones (excluding diaryl/α,β-unsaturated/α-hetero) is 2. The SMILES string of the molecule is CCOC(=O)C(=O)C(=O)CC.O. The van der Waals surface area contributed by atoms with Gasteiger partial charge in [0.25, 0.3) is 0 Å². The van der Waals surface area contributed by atoms with Crippen LogP contribution in [0.5, 0.6) is 0 Å². The van der Waals surface area contributed by atoms with Gasteiger partial charge in [0.1, 0.15) is 0 Å². The summed E-state index contributed by atoms with van der Waals surface area (Å²) in [4.78, 5) is 31.8. The van der Waals surface area contributed by atoms with Crippen LogP contribution in [-0.2, 0) is 19.1 Å². The summed E-state index contributed by atoms with van der Waals surface area (Å²) in [7, 11) is 0. The Morgan fingerprint density at radius 3 is 2.00 bits per heavy atom. The Hall–Kier alpha value is -1.23. The summed E-state index contributed by atoms with van der Waals surface area (Å²) in [6.07, 6.45) is 0.0393. The molecule has 0 aliphatic heterocycles. The minimum absolute atomic E-state index is 0. The first-order valence-corrected chi connectivity index (χ1v) is 3.37. The van der Waals surface area contributed by atoms with Crippen LogP contribution >= 0.6 is 0 Å². The molecular weight excluding hydrogens is 164 g/mol. The van der Waals surface area contributed by atoms with Gasteiger partial charge in [-0.25, -0.2) is 4.79 Å². The molecule has 0 aromatic rings. The molecule has 0 saturated carbocycles. The van der Waals surface area contributed by atoms with E-state index in [1.165, 1.54) is 6.92 Å². The number of ketones is 2. The van der Waals surface area contributed by atoms with Crippen LogP contribution in [-0.4, -0.2) is 29.6 Å². The average molecular weight is 176 g/mol. The lowest BCUT2D eigenvalue weighted by atomic mass is 10.2. The summed E-state index contributed by atoms with van der Waals surface area (Å²) in [6.45, 7) is 3.20. The van der Waals surface area contributed by atoms with E-state index in [2.05, 4.69) is 4.74 Å². The van der Waals surface area contributed by atoms with Crippen molar-refractivity contribution < 1.29 is 24.6 Å². The molecule has 0 aromatic carbocycles. The Labute approximate surface area is 70.0 Å². The molecule has 70 valence electrons. The van der Waals surface area contributed by atoms with Crippen molar-refractivity contribution in [2.24, 2.45) is 0 Å². The quantitative estimate of drug-likeness (QED) is 0.321. The van der Waals surface area contributed by atoms with Crippen molar-refractivity contribution in [3.63, 3.8) is 0 Å². The fourth-order valence-corrected chi connectivity index (χ4v) is 0.471. The number of carbonyl (C=O) groups excluding carboxylic acids is 3. The van der Waals surface area contributed by atoms with E-state index < -0.39 is 17.5 Å². The molecule has 0 bridgehead atoms. The topological polar surface area (TPSA) is 91.9 Å². The Balaban J connectivity index is 0. The van der Waals surface area contributed by atoms with Gasteiger partial charge in [-0.3, -0.25) is 9.59 Å². The molecule has 0 aliphatic carbocycles. The average Bonchev–Trinajstić information content (AvgIpc) is 2.02. The van der Waals surface area contributed by atoms with Gasteiger partial charge >= 0.3 is 11.8 Å². The summed E-state index contributed by atoms with van der Waals surface area (Å²) in [5.41, 5.74) is 0. The fourth-order valence-electron chi connectivity index (χ4n) is 0.471. The second kappa shape index (κ2) is 6.48. The molecule has 0 unspecified atom stereocenters. The van der Waals surface area contributed by atoms with E-state index >= 15 is 0 Å². The highest BCUT2D eigenvalue weighted by Crippen LogP contribution is 1.87. The minimum atomic E-state index is -1.06. The normalized spacial score (nSPS) is 8.17. The Kier molecular flexibility index (Phi) is 7.22. The van der Waals surface area contributed by atoms with E-state index in [9.17, 15) is 14.4 Å². The van der Waals surface area contributed by atoms with Crippen LogP contribution in [0.15, 0.2) is 0 Å². The zero-order valence-electron chi connectivity index (χ0n) is 7.05. The molecule has 0 fully saturated rings. The van der Waals surface area contributed by atoms with Crippen molar-refractivity contribution in [1.29, 1.82) is 0 Å². The van der Waals surface area contributed by atoms with Crippen LogP contribution in [0, 0.1) is 0 Å². The highest BCUT2D eigenvalue weighted by Gasteiger charge is 2.21. The predicted molar refractivity (Wildman–Crippen MR) is 40.6 cm³/mol. The number of hydrogen-bond acceptors (Lipinski definition) is 4. The van der Waals surface area contributed by atoms with E-state index in [-0.39, 0.29) is 18.5 Å². The van der Waals surface area contributed by atoms with Gasteiger partial charge in [0, 0.05) is 6.42 Å². The smallest absolute Gasteiger partial charge is 0.382 e. The summed E-state index contributed by atoms with van der Waals surface area (Å²) in [6, 6.07) is 0. The molecule has 0 atom stereocenters. The molecule has 0 saturated heterocycles. The second-order valence-electron chi connectivity index (χ2n) is 1.83. The second-order valence-corrected chi connectivity index (χ2v) is 1.83. The van der Waals surface area contributed by atoms with Crippen molar-refractivity contribution in [1.82, 2.24) is 0 Å². The molecule has 2 N–H and O–H groups in total. The van der Waals surface area contributed by atoms with Crippen LogP contribution in [0.2, 0.25) is 0 Å². The largest absolute Gasteiger partial charge is 0.460 e. The van der Waals surface area contributed by atoms with Gasteiger partial charge in [0.2, 0.25) is 5.78 Å². The molecular formula is C7H12O5. The van der Waals surface area contributed by atoms with Gasteiger partial charge in [0.15, 0.2) is 0 Å². The lowest BCUT2D eigenvalue weighted by Crippen LogP contribution is -2.25. The molecule has 0 heterocycles. The third-order valence-corrected chi connectivity index (χ3v) is 1.04. The fraction of sp³-hybridized carbons (Fsp3) is 0.571. The molecule has 0 amide bonds. The Bertz CT molecular complexity index is 184. The van der Waals surface area contributed by atoms with Gasteiger partial charge in [-0.1, -0.05) is 6.92 Å². The Morgan fingerprint density at radius 2 is 1.67 bits per heavy atom. The van der Waals surface area contributed by atoms with Gasteiger partial charge < -0.3 is 10.2 Å². The van der Waals surface area contributed by atoms with Crippen LogP contribution in [0.4, 0.5) is 0 Å². The highest BCUT2D eigenvalue weighted by atomic mass is 16.5. The number of ether oxygens (including phenoxy) is 1. The van der Waals surface area contributed by atoms with Crippen molar-refractivity contribution in [3.8, 4) is 0 Å². The molecule has 0 radical (unpaired) electrons. The first kappa shape index (κ1) is 13.4. The summed E-state index contributed by atoms with van der Waals surface area (Å²) >= 11 is 0. The first-order chi connectivity index (χ1) is 5.13. The van der Waals surface area contributed by atoms with E-state index in [0.717, 1.165) is 0 Å². The van der Waals surface area contributed by atoms with E-state index in [1.54, 1.807) is 6.92 Å².